The molecule has 4 rings (SSSR count). The van der Waals surface area contributed by atoms with Crippen molar-refractivity contribution in [2.45, 2.75) is 82.3 Å². The van der Waals surface area contributed by atoms with Crippen LogP contribution in [-0.4, -0.2) is 28.3 Å². The van der Waals surface area contributed by atoms with Gasteiger partial charge in [0.2, 0.25) is 11.8 Å². The number of rotatable bonds is 3. The fourth-order valence-corrected chi connectivity index (χ4v) is 5.25. The number of hydrogen-bond acceptors (Lipinski definition) is 2. The Hall–Kier alpha value is -1.84. The maximum Gasteiger partial charge on any atom is 0.246 e. The van der Waals surface area contributed by atoms with Gasteiger partial charge in [0.1, 0.15) is 11.6 Å². The molecule has 26 heavy (non-hydrogen) atoms. The first-order chi connectivity index (χ1) is 12.7. The number of benzene rings is 1. The van der Waals surface area contributed by atoms with E-state index in [1.54, 1.807) is 0 Å². The van der Waals surface area contributed by atoms with Crippen LogP contribution in [0.5, 0.6) is 0 Å². The molecule has 0 radical (unpaired) electrons. The van der Waals surface area contributed by atoms with Gasteiger partial charge in [-0.3, -0.25) is 9.59 Å². The molecule has 1 aromatic carbocycles. The molecule has 1 N–H and O–H groups in total. The molecule has 140 valence electrons. The summed E-state index contributed by atoms with van der Waals surface area (Å²) >= 11 is 0. The van der Waals surface area contributed by atoms with E-state index in [0.29, 0.717) is 12.5 Å². The molecule has 4 heteroatoms. The summed E-state index contributed by atoms with van der Waals surface area (Å²) in [5, 5.41) is 3.18. The van der Waals surface area contributed by atoms with Crippen LogP contribution < -0.4 is 5.32 Å². The van der Waals surface area contributed by atoms with Gasteiger partial charge < -0.3 is 10.2 Å². The van der Waals surface area contributed by atoms with E-state index in [1.807, 2.05) is 23.1 Å². The molecule has 3 aliphatic rings. The molecule has 0 aromatic heterocycles. The zero-order valence-electron chi connectivity index (χ0n) is 15.6. The normalized spacial score (nSPS) is 26.8. The fraction of sp³-hybridized carbons (Fsp3) is 0.636. The van der Waals surface area contributed by atoms with Crippen LogP contribution in [0, 0.1) is 5.92 Å². The van der Waals surface area contributed by atoms with Gasteiger partial charge in [-0.2, -0.15) is 0 Å². The standard InChI is InChI=1S/C22H30N2O2/c25-20-19(18-12-6-2-7-13-18)23-21(26)22(14-8-3-9-15-22)24(20)16-17-10-4-1-5-11-17/h1,4-5,10-11,18-19H,2-3,6-9,12-16H2,(H,23,26). The van der Waals surface area contributed by atoms with Gasteiger partial charge >= 0.3 is 0 Å². The fourth-order valence-electron chi connectivity index (χ4n) is 5.25. The number of nitrogens with zero attached hydrogens (tertiary/aromatic N) is 1. The van der Waals surface area contributed by atoms with E-state index in [-0.39, 0.29) is 17.9 Å². The first-order valence-electron chi connectivity index (χ1n) is 10.4. The second-order valence-corrected chi connectivity index (χ2v) is 8.35. The summed E-state index contributed by atoms with van der Waals surface area (Å²) in [6, 6.07) is 9.82. The Kier molecular flexibility index (Phi) is 5.01. The van der Waals surface area contributed by atoms with Crippen LogP contribution in [0.3, 0.4) is 0 Å². The molecule has 1 atom stereocenters. The summed E-state index contributed by atoms with van der Waals surface area (Å²) in [5.41, 5.74) is 0.485. The Labute approximate surface area is 156 Å². The number of carbonyl (C=O) groups excluding carboxylic acids is 2. The average Bonchev–Trinajstić information content (AvgIpc) is 2.70. The van der Waals surface area contributed by atoms with E-state index in [1.165, 1.54) is 19.3 Å². The Balaban J connectivity index is 1.64. The smallest absolute Gasteiger partial charge is 0.246 e. The van der Waals surface area contributed by atoms with Crippen molar-refractivity contribution in [3.63, 3.8) is 0 Å². The van der Waals surface area contributed by atoms with E-state index in [4.69, 9.17) is 0 Å². The third-order valence-corrected chi connectivity index (χ3v) is 6.74. The highest BCUT2D eigenvalue weighted by Crippen LogP contribution is 2.40. The first-order valence-corrected chi connectivity index (χ1v) is 10.4. The lowest BCUT2D eigenvalue weighted by atomic mass is 9.74. The summed E-state index contributed by atoms with van der Waals surface area (Å²) in [5.74, 6) is 0.560. The highest BCUT2D eigenvalue weighted by atomic mass is 16.2. The van der Waals surface area contributed by atoms with Gasteiger partial charge in [0.25, 0.3) is 0 Å². The Morgan fingerprint density at radius 2 is 1.58 bits per heavy atom. The third kappa shape index (κ3) is 3.15. The molecule has 3 fully saturated rings. The van der Waals surface area contributed by atoms with Crippen LogP contribution in [0.4, 0.5) is 0 Å². The number of amides is 2. The van der Waals surface area contributed by atoms with E-state index in [9.17, 15) is 9.59 Å². The van der Waals surface area contributed by atoms with Crippen molar-refractivity contribution in [1.82, 2.24) is 10.2 Å². The summed E-state index contributed by atoms with van der Waals surface area (Å²) in [4.78, 5) is 28.8. The monoisotopic (exact) mass is 354 g/mol. The Morgan fingerprint density at radius 1 is 0.923 bits per heavy atom. The molecule has 2 amide bonds. The van der Waals surface area contributed by atoms with Crippen molar-refractivity contribution >= 4 is 11.8 Å². The number of hydrogen-bond donors (Lipinski definition) is 1. The minimum absolute atomic E-state index is 0.100. The number of carbonyl (C=O) groups is 2. The minimum atomic E-state index is -0.629. The SMILES string of the molecule is O=C1C(C2CCCCC2)NC(=O)C2(CCCCC2)N1Cc1ccccc1. The summed E-state index contributed by atoms with van der Waals surface area (Å²) in [6.07, 6.45) is 10.5. The molecular formula is C22H30N2O2. The molecule has 0 bridgehead atoms. The minimum Gasteiger partial charge on any atom is -0.342 e. The maximum atomic E-state index is 13.6. The van der Waals surface area contributed by atoms with Gasteiger partial charge in [-0.25, -0.2) is 0 Å². The predicted octanol–water partition coefficient (Wildman–Crippen LogP) is 3.80. The van der Waals surface area contributed by atoms with E-state index < -0.39 is 5.54 Å². The van der Waals surface area contributed by atoms with Crippen molar-refractivity contribution in [3.8, 4) is 0 Å². The molecule has 1 aromatic rings. The Morgan fingerprint density at radius 3 is 2.27 bits per heavy atom. The molecule has 1 heterocycles. The van der Waals surface area contributed by atoms with Crippen LogP contribution in [-0.2, 0) is 16.1 Å². The number of nitrogens with one attached hydrogen (secondary N) is 1. The lowest BCUT2D eigenvalue weighted by Gasteiger charge is -2.51. The second-order valence-electron chi connectivity index (χ2n) is 8.35. The maximum absolute atomic E-state index is 13.6. The van der Waals surface area contributed by atoms with Crippen LogP contribution in [0.15, 0.2) is 30.3 Å². The molecule has 2 aliphatic carbocycles. The van der Waals surface area contributed by atoms with Crippen molar-refractivity contribution < 1.29 is 9.59 Å². The van der Waals surface area contributed by atoms with E-state index in [0.717, 1.165) is 50.5 Å². The van der Waals surface area contributed by atoms with Gasteiger partial charge in [-0.15, -0.1) is 0 Å². The lowest BCUT2D eigenvalue weighted by Crippen LogP contribution is -2.72. The first kappa shape index (κ1) is 17.6. The highest BCUT2D eigenvalue weighted by Gasteiger charge is 2.53. The zero-order valence-corrected chi connectivity index (χ0v) is 15.6. The summed E-state index contributed by atoms with van der Waals surface area (Å²) in [7, 11) is 0. The number of piperazine rings is 1. The molecule has 1 unspecified atom stereocenters. The molecule has 2 saturated carbocycles. The largest absolute Gasteiger partial charge is 0.342 e. The van der Waals surface area contributed by atoms with Gasteiger partial charge in [-0.05, 0) is 37.2 Å². The van der Waals surface area contributed by atoms with E-state index >= 15 is 0 Å². The molecule has 1 saturated heterocycles. The quantitative estimate of drug-likeness (QED) is 0.898. The van der Waals surface area contributed by atoms with Crippen LogP contribution >= 0.6 is 0 Å². The van der Waals surface area contributed by atoms with Crippen LogP contribution in [0.2, 0.25) is 0 Å². The molecular weight excluding hydrogens is 324 g/mol. The average molecular weight is 354 g/mol. The molecule has 1 aliphatic heterocycles. The second kappa shape index (κ2) is 7.42. The molecule has 1 spiro atoms. The van der Waals surface area contributed by atoms with Gasteiger partial charge in [0, 0.05) is 6.54 Å². The highest BCUT2D eigenvalue weighted by molar-refractivity contribution is 6.00. The summed E-state index contributed by atoms with van der Waals surface area (Å²) in [6.45, 7) is 0.552. The third-order valence-electron chi connectivity index (χ3n) is 6.74. The van der Waals surface area contributed by atoms with Crippen LogP contribution in [0.1, 0.15) is 69.8 Å². The van der Waals surface area contributed by atoms with Gasteiger partial charge in [0.15, 0.2) is 0 Å². The zero-order chi connectivity index (χ0) is 18.0. The predicted molar refractivity (Wildman–Crippen MR) is 101 cm³/mol. The van der Waals surface area contributed by atoms with Crippen LogP contribution in [0.25, 0.3) is 0 Å². The molecule has 4 nitrogen and oxygen atoms in total. The Bertz CT molecular complexity index is 645. The lowest BCUT2D eigenvalue weighted by molar-refractivity contribution is -0.163. The summed E-state index contributed by atoms with van der Waals surface area (Å²) < 4.78 is 0. The van der Waals surface area contributed by atoms with E-state index in [2.05, 4.69) is 17.4 Å². The van der Waals surface area contributed by atoms with Crippen molar-refractivity contribution in [1.29, 1.82) is 0 Å². The van der Waals surface area contributed by atoms with Crippen molar-refractivity contribution in [3.05, 3.63) is 35.9 Å². The van der Waals surface area contributed by atoms with Gasteiger partial charge in [0.05, 0.1) is 0 Å². The van der Waals surface area contributed by atoms with Gasteiger partial charge in [-0.1, -0.05) is 68.9 Å². The topological polar surface area (TPSA) is 49.4 Å². The van der Waals surface area contributed by atoms with Crippen molar-refractivity contribution in [2.75, 3.05) is 0 Å². The van der Waals surface area contributed by atoms with Crippen molar-refractivity contribution in [2.24, 2.45) is 5.92 Å².